The van der Waals surface area contributed by atoms with Gasteiger partial charge in [-0.25, -0.2) is 15.0 Å². The molecular weight excluding hydrogens is 373 g/mol. The quantitative estimate of drug-likeness (QED) is 0.669. The number of halogens is 3. The fraction of sp³-hybridized carbons (Fsp3) is 0.167. The molecule has 0 fully saturated rings. The molecule has 0 bridgehead atoms. The van der Waals surface area contributed by atoms with Gasteiger partial charge >= 0.3 is 6.18 Å². The molecule has 10 heteroatoms. The molecule has 0 aliphatic carbocycles. The van der Waals surface area contributed by atoms with Crippen molar-refractivity contribution in [1.82, 2.24) is 19.9 Å². The van der Waals surface area contributed by atoms with E-state index in [0.29, 0.717) is 36.0 Å². The molecule has 0 spiro atoms. The van der Waals surface area contributed by atoms with Crippen molar-refractivity contribution >= 4 is 11.5 Å². The maximum atomic E-state index is 13.0. The standard InChI is InChI=1S/C18H11F3N6O/c19-18(20,21)15-3-1-2-12(25-15)16-24-10-14-17(26-16)27(6-7-28-14)13-4-5-23-9-11(13)8-22/h1-5,9-10H,6-7H2. The summed E-state index contributed by atoms with van der Waals surface area (Å²) in [5.41, 5.74) is -0.130. The van der Waals surface area contributed by atoms with Crippen molar-refractivity contribution in [1.29, 1.82) is 5.26 Å². The van der Waals surface area contributed by atoms with Crippen molar-refractivity contribution in [2.24, 2.45) is 0 Å². The Hall–Kier alpha value is -3.74. The lowest BCUT2D eigenvalue weighted by atomic mass is 10.2. The third-order valence-electron chi connectivity index (χ3n) is 4.04. The molecule has 0 N–H and O–H groups in total. The summed E-state index contributed by atoms with van der Waals surface area (Å²) in [5.74, 6) is 0.730. The van der Waals surface area contributed by atoms with Gasteiger partial charge in [-0.2, -0.15) is 18.4 Å². The predicted molar refractivity (Wildman–Crippen MR) is 91.7 cm³/mol. The van der Waals surface area contributed by atoms with Crippen LogP contribution in [0.4, 0.5) is 24.7 Å². The van der Waals surface area contributed by atoms with Gasteiger partial charge < -0.3 is 9.64 Å². The minimum absolute atomic E-state index is 0.0154. The number of hydrogen-bond acceptors (Lipinski definition) is 7. The molecule has 3 aromatic heterocycles. The number of ether oxygens (including phenoxy) is 1. The summed E-state index contributed by atoms with van der Waals surface area (Å²) in [6.07, 6.45) is -0.209. The largest absolute Gasteiger partial charge is 0.486 e. The molecule has 1 aliphatic rings. The van der Waals surface area contributed by atoms with Crippen LogP contribution in [-0.4, -0.2) is 33.1 Å². The summed E-state index contributed by atoms with van der Waals surface area (Å²) >= 11 is 0. The van der Waals surface area contributed by atoms with Gasteiger partial charge in [0.05, 0.1) is 24.0 Å². The Morgan fingerprint density at radius 1 is 1.14 bits per heavy atom. The number of aromatic nitrogens is 4. The first-order valence-electron chi connectivity index (χ1n) is 8.13. The fourth-order valence-corrected chi connectivity index (χ4v) is 2.79. The molecule has 28 heavy (non-hydrogen) atoms. The molecule has 0 saturated carbocycles. The molecule has 3 aromatic rings. The molecule has 0 aromatic carbocycles. The lowest BCUT2D eigenvalue weighted by molar-refractivity contribution is -0.141. The molecule has 7 nitrogen and oxygen atoms in total. The van der Waals surface area contributed by atoms with E-state index >= 15 is 0 Å². The van der Waals surface area contributed by atoms with Crippen LogP contribution in [0.2, 0.25) is 0 Å². The van der Waals surface area contributed by atoms with E-state index in [0.717, 1.165) is 6.07 Å². The number of nitrogens with zero attached hydrogens (tertiary/aromatic N) is 6. The minimum Gasteiger partial charge on any atom is -0.486 e. The van der Waals surface area contributed by atoms with Crippen LogP contribution in [-0.2, 0) is 6.18 Å². The van der Waals surface area contributed by atoms with Crippen LogP contribution in [0.25, 0.3) is 11.5 Å². The second-order valence-electron chi connectivity index (χ2n) is 5.79. The SMILES string of the molecule is N#Cc1cnccc1N1CCOc2cnc(-c3cccc(C(F)(F)F)n3)nc21. The van der Waals surface area contributed by atoms with Crippen molar-refractivity contribution in [2.75, 3.05) is 18.1 Å². The lowest BCUT2D eigenvalue weighted by Gasteiger charge is -2.30. The Morgan fingerprint density at radius 3 is 2.79 bits per heavy atom. The zero-order valence-corrected chi connectivity index (χ0v) is 14.2. The number of hydrogen-bond donors (Lipinski definition) is 0. The summed E-state index contributed by atoms with van der Waals surface area (Å²) in [6.45, 7) is 0.739. The van der Waals surface area contributed by atoms with Crippen molar-refractivity contribution in [2.45, 2.75) is 6.18 Å². The average molecular weight is 384 g/mol. The highest BCUT2D eigenvalue weighted by atomic mass is 19.4. The van der Waals surface area contributed by atoms with Gasteiger partial charge in [-0.05, 0) is 18.2 Å². The zero-order chi connectivity index (χ0) is 19.7. The van der Waals surface area contributed by atoms with Gasteiger partial charge in [0.1, 0.15) is 24.1 Å². The molecule has 4 heterocycles. The lowest BCUT2D eigenvalue weighted by Crippen LogP contribution is -2.30. The summed E-state index contributed by atoms with van der Waals surface area (Å²) in [5, 5.41) is 9.34. The summed E-state index contributed by atoms with van der Waals surface area (Å²) in [7, 11) is 0. The molecule has 0 saturated heterocycles. The van der Waals surface area contributed by atoms with Gasteiger partial charge in [0.15, 0.2) is 17.4 Å². The topological polar surface area (TPSA) is 87.8 Å². The number of anilines is 2. The van der Waals surface area contributed by atoms with Crippen molar-refractivity contribution in [3.8, 4) is 23.3 Å². The smallest absolute Gasteiger partial charge is 0.433 e. The van der Waals surface area contributed by atoms with Gasteiger partial charge in [-0.15, -0.1) is 0 Å². The highest BCUT2D eigenvalue weighted by Crippen LogP contribution is 2.37. The molecule has 0 radical (unpaired) electrons. The summed E-state index contributed by atoms with van der Waals surface area (Å²) in [6, 6.07) is 7.27. The van der Waals surface area contributed by atoms with Gasteiger partial charge in [0.2, 0.25) is 0 Å². The number of pyridine rings is 2. The second-order valence-corrected chi connectivity index (χ2v) is 5.79. The number of alkyl halides is 3. The first-order valence-corrected chi connectivity index (χ1v) is 8.13. The Labute approximate surface area is 157 Å². The van der Waals surface area contributed by atoms with E-state index in [9.17, 15) is 18.4 Å². The van der Waals surface area contributed by atoms with Crippen LogP contribution in [0.15, 0.2) is 42.9 Å². The molecule has 1 aliphatic heterocycles. The minimum atomic E-state index is -4.57. The third-order valence-corrected chi connectivity index (χ3v) is 4.04. The fourth-order valence-electron chi connectivity index (χ4n) is 2.79. The van der Waals surface area contributed by atoms with Crippen molar-refractivity contribution in [3.63, 3.8) is 0 Å². The van der Waals surface area contributed by atoms with Gasteiger partial charge in [0, 0.05) is 12.4 Å². The number of nitriles is 1. The monoisotopic (exact) mass is 384 g/mol. The Bertz CT molecular complexity index is 1080. The van der Waals surface area contributed by atoms with Crippen LogP contribution >= 0.6 is 0 Å². The maximum Gasteiger partial charge on any atom is 0.433 e. The van der Waals surface area contributed by atoms with E-state index in [-0.39, 0.29) is 11.5 Å². The normalized spacial score (nSPS) is 13.4. The molecular formula is C18H11F3N6O. The van der Waals surface area contributed by atoms with E-state index in [1.165, 1.54) is 24.5 Å². The van der Waals surface area contributed by atoms with E-state index in [1.807, 2.05) is 0 Å². The second kappa shape index (κ2) is 6.77. The van der Waals surface area contributed by atoms with Crippen LogP contribution < -0.4 is 9.64 Å². The maximum absolute atomic E-state index is 13.0. The zero-order valence-electron chi connectivity index (χ0n) is 14.2. The highest BCUT2D eigenvalue weighted by Gasteiger charge is 2.33. The molecule has 140 valence electrons. The van der Waals surface area contributed by atoms with E-state index in [2.05, 4.69) is 26.0 Å². The van der Waals surface area contributed by atoms with Crippen LogP contribution in [0.3, 0.4) is 0 Å². The summed E-state index contributed by atoms with van der Waals surface area (Å²) < 4.78 is 44.4. The summed E-state index contributed by atoms with van der Waals surface area (Å²) in [4.78, 5) is 17.8. The highest BCUT2D eigenvalue weighted by molar-refractivity contribution is 5.72. The Kier molecular flexibility index (Phi) is 4.27. The first-order chi connectivity index (χ1) is 13.5. The van der Waals surface area contributed by atoms with Crippen molar-refractivity contribution in [3.05, 3.63) is 54.1 Å². The van der Waals surface area contributed by atoms with Crippen LogP contribution in [0, 0.1) is 11.3 Å². The Morgan fingerprint density at radius 2 is 2.00 bits per heavy atom. The average Bonchev–Trinajstić information content (AvgIpc) is 2.72. The molecule has 0 amide bonds. The Balaban J connectivity index is 1.80. The van der Waals surface area contributed by atoms with Crippen molar-refractivity contribution < 1.29 is 17.9 Å². The number of rotatable bonds is 2. The molecule has 4 rings (SSSR count). The molecule has 0 atom stereocenters. The predicted octanol–water partition coefficient (Wildman–Crippen LogP) is 3.35. The van der Waals surface area contributed by atoms with Gasteiger partial charge in [-0.1, -0.05) is 6.07 Å². The van der Waals surface area contributed by atoms with E-state index in [1.54, 1.807) is 17.2 Å². The number of fused-ring (bicyclic) bond motifs is 1. The first kappa shape index (κ1) is 17.7. The van der Waals surface area contributed by atoms with E-state index in [4.69, 9.17) is 4.74 Å². The van der Waals surface area contributed by atoms with Gasteiger partial charge in [0.25, 0.3) is 0 Å². The molecule has 0 unspecified atom stereocenters. The van der Waals surface area contributed by atoms with E-state index < -0.39 is 11.9 Å². The van der Waals surface area contributed by atoms with Gasteiger partial charge in [-0.3, -0.25) is 4.98 Å². The third kappa shape index (κ3) is 3.18. The van der Waals surface area contributed by atoms with Crippen LogP contribution in [0.5, 0.6) is 5.75 Å². The van der Waals surface area contributed by atoms with Crippen LogP contribution in [0.1, 0.15) is 11.3 Å².